The first-order chi connectivity index (χ1) is 13.8. The number of amides is 3. The summed E-state index contributed by atoms with van der Waals surface area (Å²) in [4.78, 5) is 35.5. The van der Waals surface area contributed by atoms with Crippen LogP contribution in [0.3, 0.4) is 0 Å². The molecule has 0 fully saturated rings. The quantitative estimate of drug-likeness (QED) is 0.462. The number of nitrogens with zero attached hydrogens (tertiary/aromatic N) is 1. The van der Waals surface area contributed by atoms with Crippen molar-refractivity contribution in [2.75, 3.05) is 19.5 Å². The van der Waals surface area contributed by atoms with Crippen molar-refractivity contribution < 1.29 is 23.9 Å². The monoisotopic (exact) mass is 398 g/mol. The smallest absolute Gasteiger partial charge is 0.275 e. The molecule has 2 aromatic rings. The van der Waals surface area contributed by atoms with Crippen LogP contribution in [0, 0.1) is 0 Å². The molecule has 0 atom stereocenters. The lowest BCUT2D eigenvalue weighted by Gasteiger charge is -2.09. The Morgan fingerprint density at radius 2 is 1.72 bits per heavy atom. The molecule has 152 valence electrons. The van der Waals surface area contributed by atoms with Gasteiger partial charge >= 0.3 is 0 Å². The van der Waals surface area contributed by atoms with Gasteiger partial charge in [-0.1, -0.05) is 0 Å². The summed E-state index contributed by atoms with van der Waals surface area (Å²) >= 11 is 0. The first-order valence-electron chi connectivity index (χ1n) is 8.59. The fourth-order valence-electron chi connectivity index (χ4n) is 2.39. The zero-order chi connectivity index (χ0) is 21.4. The van der Waals surface area contributed by atoms with Crippen molar-refractivity contribution in [3.63, 3.8) is 0 Å². The highest BCUT2D eigenvalue weighted by Gasteiger charge is 2.13. The third-order valence-electron chi connectivity index (χ3n) is 3.87. The zero-order valence-electron chi connectivity index (χ0n) is 16.3. The van der Waals surface area contributed by atoms with Gasteiger partial charge in [-0.05, 0) is 43.3 Å². The van der Waals surface area contributed by atoms with E-state index in [0.717, 1.165) is 0 Å². The molecule has 4 N–H and O–H groups in total. The largest absolute Gasteiger partial charge is 0.497 e. The van der Waals surface area contributed by atoms with Crippen LogP contribution in [0.1, 0.15) is 34.1 Å². The Morgan fingerprint density at radius 3 is 2.31 bits per heavy atom. The van der Waals surface area contributed by atoms with Crippen LogP contribution >= 0.6 is 0 Å². The maximum absolute atomic E-state index is 12.3. The van der Waals surface area contributed by atoms with Crippen molar-refractivity contribution in [2.24, 2.45) is 10.8 Å². The van der Waals surface area contributed by atoms with E-state index in [2.05, 4.69) is 15.8 Å². The van der Waals surface area contributed by atoms with Gasteiger partial charge in [0.05, 0.1) is 26.2 Å². The molecule has 2 aromatic carbocycles. The van der Waals surface area contributed by atoms with E-state index < -0.39 is 11.8 Å². The van der Waals surface area contributed by atoms with Gasteiger partial charge < -0.3 is 20.5 Å². The molecular formula is C20H22N4O5. The summed E-state index contributed by atoms with van der Waals surface area (Å²) in [6.45, 7) is 1.61. The van der Waals surface area contributed by atoms with Crippen LogP contribution in [0.15, 0.2) is 47.6 Å². The lowest BCUT2D eigenvalue weighted by molar-refractivity contribution is -0.115. The molecule has 0 radical (unpaired) electrons. The van der Waals surface area contributed by atoms with Crippen molar-refractivity contribution >= 4 is 29.1 Å². The van der Waals surface area contributed by atoms with Gasteiger partial charge in [-0.25, -0.2) is 5.43 Å². The van der Waals surface area contributed by atoms with E-state index in [1.807, 2.05) is 0 Å². The fraction of sp³-hybridized carbons (Fsp3) is 0.200. The Labute approximate surface area is 167 Å². The van der Waals surface area contributed by atoms with Crippen LogP contribution < -0.4 is 25.9 Å². The summed E-state index contributed by atoms with van der Waals surface area (Å²) in [5.41, 5.74) is 9.11. The summed E-state index contributed by atoms with van der Waals surface area (Å²) in [6, 6.07) is 10.9. The Morgan fingerprint density at radius 1 is 1.03 bits per heavy atom. The van der Waals surface area contributed by atoms with E-state index >= 15 is 0 Å². The molecule has 3 amide bonds. The second kappa shape index (κ2) is 9.88. The summed E-state index contributed by atoms with van der Waals surface area (Å²) in [6.07, 6.45) is -0.0302. The van der Waals surface area contributed by atoms with Crippen LogP contribution in [-0.4, -0.2) is 37.7 Å². The third-order valence-corrected chi connectivity index (χ3v) is 3.87. The fourth-order valence-corrected chi connectivity index (χ4v) is 2.39. The second-order valence-corrected chi connectivity index (χ2v) is 6.02. The normalized spacial score (nSPS) is 10.8. The van der Waals surface area contributed by atoms with Gasteiger partial charge in [0, 0.05) is 23.0 Å². The molecule has 0 heterocycles. The van der Waals surface area contributed by atoms with E-state index in [1.165, 1.54) is 26.4 Å². The molecule has 0 saturated carbocycles. The van der Waals surface area contributed by atoms with Crippen LogP contribution in [0.4, 0.5) is 5.69 Å². The van der Waals surface area contributed by atoms with E-state index in [1.54, 1.807) is 37.3 Å². The minimum Gasteiger partial charge on any atom is -0.497 e. The highest BCUT2D eigenvalue weighted by Crippen LogP contribution is 2.24. The number of hydrazone groups is 1. The number of anilines is 1. The standard InChI is InChI=1S/C20H22N4O5/c1-12(10-18(25)22-14-6-4-13(5-7-14)19(21)26)23-24-20(27)16-9-8-15(28-2)11-17(16)29-3/h4-9,11H,10H2,1-3H3,(H2,21,26)(H,22,25)(H,24,27)/b23-12+. The highest BCUT2D eigenvalue weighted by molar-refractivity contribution is 6.06. The predicted octanol–water partition coefficient (Wildman–Crippen LogP) is 1.94. The van der Waals surface area contributed by atoms with Gasteiger partial charge in [0.25, 0.3) is 5.91 Å². The van der Waals surface area contributed by atoms with E-state index in [-0.39, 0.29) is 17.9 Å². The van der Waals surface area contributed by atoms with E-state index in [4.69, 9.17) is 15.2 Å². The average molecular weight is 398 g/mol. The van der Waals surface area contributed by atoms with Crippen LogP contribution in [-0.2, 0) is 4.79 Å². The van der Waals surface area contributed by atoms with Crippen LogP contribution in [0.25, 0.3) is 0 Å². The summed E-state index contributed by atoms with van der Waals surface area (Å²) in [5, 5.41) is 6.62. The van der Waals surface area contributed by atoms with Gasteiger partial charge in [0.15, 0.2) is 0 Å². The number of hydrogen-bond acceptors (Lipinski definition) is 6. The SMILES string of the molecule is COc1ccc(C(=O)N/N=C(\C)CC(=O)Nc2ccc(C(N)=O)cc2)c(OC)c1. The van der Waals surface area contributed by atoms with Gasteiger partial charge in [-0.2, -0.15) is 5.10 Å². The molecule has 0 saturated heterocycles. The molecular weight excluding hydrogens is 376 g/mol. The first kappa shape index (κ1) is 21.4. The van der Waals surface area contributed by atoms with Crippen LogP contribution in [0.2, 0.25) is 0 Å². The minimum absolute atomic E-state index is 0.0302. The van der Waals surface area contributed by atoms with Gasteiger partial charge in [0.2, 0.25) is 11.8 Å². The molecule has 29 heavy (non-hydrogen) atoms. The molecule has 0 bridgehead atoms. The van der Waals surface area contributed by atoms with Crippen molar-refractivity contribution in [1.29, 1.82) is 0 Å². The van der Waals surface area contributed by atoms with E-state index in [9.17, 15) is 14.4 Å². The number of nitrogens with two attached hydrogens (primary N) is 1. The molecule has 2 rings (SSSR count). The molecule has 0 aromatic heterocycles. The van der Waals surface area contributed by atoms with Crippen LogP contribution in [0.5, 0.6) is 11.5 Å². The van der Waals surface area contributed by atoms with Crippen molar-refractivity contribution in [2.45, 2.75) is 13.3 Å². The number of carbonyl (C=O) groups excluding carboxylic acids is 3. The molecule has 0 aliphatic heterocycles. The molecule has 9 heteroatoms. The number of ether oxygens (including phenoxy) is 2. The Hall–Kier alpha value is -3.88. The Balaban J connectivity index is 1.94. The Bertz CT molecular complexity index is 938. The number of primary amides is 1. The maximum atomic E-state index is 12.3. The molecule has 0 spiro atoms. The molecule has 0 aliphatic carbocycles. The lowest BCUT2D eigenvalue weighted by atomic mass is 10.2. The number of rotatable bonds is 8. The van der Waals surface area contributed by atoms with Crippen molar-refractivity contribution in [3.8, 4) is 11.5 Å². The highest BCUT2D eigenvalue weighted by atomic mass is 16.5. The van der Waals surface area contributed by atoms with Crippen molar-refractivity contribution in [3.05, 3.63) is 53.6 Å². The predicted molar refractivity (Wildman–Crippen MR) is 108 cm³/mol. The number of nitrogens with one attached hydrogen (secondary N) is 2. The lowest BCUT2D eigenvalue weighted by Crippen LogP contribution is -2.22. The first-order valence-corrected chi connectivity index (χ1v) is 8.59. The minimum atomic E-state index is -0.546. The summed E-state index contributed by atoms with van der Waals surface area (Å²) < 4.78 is 10.3. The van der Waals surface area contributed by atoms with Gasteiger partial charge in [-0.3, -0.25) is 14.4 Å². The third kappa shape index (κ3) is 6.06. The zero-order valence-corrected chi connectivity index (χ0v) is 16.3. The number of methoxy groups -OCH3 is 2. The van der Waals surface area contributed by atoms with Gasteiger partial charge in [0.1, 0.15) is 11.5 Å². The maximum Gasteiger partial charge on any atom is 0.275 e. The molecule has 0 unspecified atom stereocenters. The topological polar surface area (TPSA) is 132 Å². The van der Waals surface area contributed by atoms with Crippen molar-refractivity contribution in [1.82, 2.24) is 5.43 Å². The average Bonchev–Trinajstić information content (AvgIpc) is 2.71. The number of carbonyl (C=O) groups is 3. The number of benzene rings is 2. The molecule has 9 nitrogen and oxygen atoms in total. The Kier molecular flexibility index (Phi) is 7.30. The second-order valence-electron chi connectivity index (χ2n) is 6.02. The molecule has 0 aliphatic rings. The van der Waals surface area contributed by atoms with Gasteiger partial charge in [-0.15, -0.1) is 0 Å². The summed E-state index contributed by atoms with van der Waals surface area (Å²) in [5.74, 6) is -0.457. The number of hydrogen-bond donors (Lipinski definition) is 3. The summed E-state index contributed by atoms with van der Waals surface area (Å²) in [7, 11) is 2.96. The van der Waals surface area contributed by atoms with E-state index in [0.29, 0.717) is 28.5 Å².